The lowest BCUT2D eigenvalue weighted by molar-refractivity contribution is 0.190. The summed E-state index contributed by atoms with van der Waals surface area (Å²) in [6.07, 6.45) is 1.30. The van der Waals surface area contributed by atoms with Crippen LogP contribution in [0.25, 0.3) is 0 Å². The summed E-state index contributed by atoms with van der Waals surface area (Å²) in [5, 5.41) is 17.9. The Bertz CT molecular complexity index is 399. The van der Waals surface area contributed by atoms with Crippen molar-refractivity contribution in [2.24, 2.45) is 0 Å². The van der Waals surface area contributed by atoms with Gasteiger partial charge in [0.15, 0.2) is 0 Å². The molecule has 4 heteroatoms. The second-order valence-corrected chi connectivity index (χ2v) is 3.82. The molecule has 0 saturated heterocycles. The van der Waals surface area contributed by atoms with Crippen LogP contribution in [0.2, 0.25) is 0 Å². The van der Waals surface area contributed by atoms with Gasteiger partial charge in [0.05, 0.1) is 18.8 Å². The Morgan fingerprint density at radius 2 is 2.24 bits per heavy atom. The highest BCUT2D eigenvalue weighted by molar-refractivity contribution is 5.35. The maximum absolute atomic E-state index is 13.0. The van der Waals surface area contributed by atoms with E-state index in [0.717, 1.165) is 12.8 Å². The van der Waals surface area contributed by atoms with Crippen molar-refractivity contribution in [1.82, 2.24) is 0 Å². The Morgan fingerprint density at radius 3 is 2.88 bits per heavy atom. The number of hydrogen-bond donors (Lipinski definition) is 1. The van der Waals surface area contributed by atoms with E-state index < -0.39 is 6.10 Å². The van der Waals surface area contributed by atoms with Crippen LogP contribution in [0.1, 0.15) is 37.9 Å². The van der Waals surface area contributed by atoms with E-state index in [9.17, 15) is 9.50 Å². The third kappa shape index (κ3) is 4.41. The average molecular weight is 237 g/mol. The summed E-state index contributed by atoms with van der Waals surface area (Å²) < 4.78 is 18.5. The molecule has 1 atom stereocenters. The molecule has 0 heterocycles. The minimum Gasteiger partial charge on any atom is -0.493 e. The molecule has 1 rings (SSSR count). The Labute approximate surface area is 100 Å². The van der Waals surface area contributed by atoms with E-state index in [4.69, 9.17) is 10.00 Å². The highest BCUT2D eigenvalue weighted by Crippen LogP contribution is 2.26. The van der Waals surface area contributed by atoms with Crippen molar-refractivity contribution in [3.63, 3.8) is 0 Å². The smallest absolute Gasteiger partial charge is 0.127 e. The van der Waals surface area contributed by atoms with Gasteiger partial charge >= 0.3 is 0 Å². The van der Waals surface area contributed by atoms with Gasteiger partial charge in [0.2, 0.25) is 0 Å². The molecule has 0 radical (unpaired) electrons. The van der Waals surface area contributed by atoms with Crippen LogP contribution in [0.3, 0.4) is 0 Å². The summed E-state index contributed by atoms with van der Waals surface area (Å²) in [5.74, 6) is -0.0154. The first-order valence-corrected chi connectivity index (χ1v) is 5.62. The van der Waals surface area contributed by atoms with Crippen LogP contribution in [0.5, 0.6) is 5.75 Å². The van der Waals surface area contributed by atoms with Crippen molar-refractivity contribution in [3.05, 3.63) is 29.6 Å². The van der Waals surface area contributed by atoms with E-state index in [2.05, 4.69) is 0 Å². The molecule has 1 N–H and O–H groups in total. The molecule has 17 heavy (non-hydrogen) atoms. The molecule has 0 bridgehead atoms. The minimum atomic E-state index is -0.690. The van der Waals surface area contributed by atoms with Crippen molar-refractivity contribution in [2.45, 2.75) is 32.3 Å². The van der Waals surface area contributed by atoms with E-state index in [1.54, 1.807) is 6.92 Å². The van der Waals surface area contributed by atoms with Gasteiger partial charge in [0, 0.05) is 18.1 Å². The Balaban J connectivity index is 2.57. The highest BCUT2D eigenvalue weighted by atomic mass is 19.1. The molecule has 0 unspecified atom stereocenters. The summed E-state index contributed by atoms with van der Waals surface area (Å²) in [5.41, 5.74) is 0.576. The number of aliphatic hydroxyl groups is 1. The van der Waals surface area contributed by atoms with Gasteiger partial charge in [-0.3, -0.25) is 0 Å². The molecule has 3 nitrogen and oxygen atoms in total. The number of rotatable bonds is 6. The van der Waals surface area contributed by atoms with Crippen LogP contribution < -0.4 is 4.74 Å². The van der Waals surface area contributed by atoms with E-state index in [1.165, 1.54) is 18.2 Å². The first-order valence-electron chi connectivity index (χ1n) is 5.62. The Morgan fingerprint density at radius 1 is 1.47 bits per heavy atom. The summed E-state index contributed by atoms with van der Waals surface area (Å²) >= 11 is 0. The predicted octanol–water partition coefficient (Wildman–Crippen LogP) is 2.95. The van der Waals surface area contributed by atoms with Gasteiger partial charge in [-0.2, -0.15) is 5.26 Å². The predicted molar refractivity (Wildman–Crippen MR) is 62.0 cm³/mol. The fourth-order valence-electron chi connectivity index (χ4n) is 1.47. The van der Waals surface area contributed by atoms with Gasteiger partial charge in [-0.25, -0.2) is 4.39 Å². The lowest BCUT2D eigenvalue weighted by Gasteiger charge is -2.13. The van der Waals surface area contributed by atoms with E-state index >= 15 is 0 Å². The van der Waals surface area contributed by atoms with Crippen molar-refractivity contribution < 1.29 is 14.2 Å². The average Bonchev–Trinajstić information content (AvgIpc) is 2.28. The van der Waals surface area contributed by atoms with E-state index in [-0.39, 0.29) is 5.82 Å². The monoisotopic (exact) mass is 237 g/mol. The van der Waals surface area contributed by atoms with Crippen LogP contribution in [-0.4, -0.2) is 11.7 Å². The topological polar surface area (TPSA) is 53.2 Å². The van der Waals surface area contributed by atoms with Gasteiger partial charge in [0.1, 0.15) is 11.6 Å². The first kappa shape index (κ1) is 13.5. The molecule has 0 fully saturated rings. The minimum absolute atomic E-state index is 0.372. The van der Waals surface area contributed by atoms with Crippen LogP contribution in [0.15, 0.2) is 18.2 Å². The van der Waals surface area contributed by atoms with Crippen molar-refractivity contribution in [1.29, 1.82) is 5.26 Å². The zero-order valence-corrected chi connectivity index (χ0v) is 9.82. The number of benzene rings is 1. The molecule has 0 aromatic heterocycles. The largest absolute Gasteiger partial charge is 0.493 e. The molecule has 92 valence electrons. The summed E-state index contributed by atoms with van der Waals surface area (Å²) in [6.45, 7) is 2.03. The lowest BCUT2D eigenvalue weighted by atomic mass is 10.1. The van der Waals surface area contributed by atoms with Gasteiger partial charge in [-0.05, 0) is 31.9 Å². The number of hydrogen-bond acceptors (Lipinski definition) is 3. The van der Waals surface area contributed by atoms with Crippen molar-refractivity contribution >= 4 is 0 Å². The van der Waals surface area contributed by atoms with Crippen LogP contribution in [0.4, 0.5) is 4.39 Å². The van der Waals surface area contributed by atoms with Gasteiger partial charge < -0.3 is 9.84 Å². The third-order valence-electron chi connectivity index (χ3n) is 2.37. The summed E-state index contributed by atoms with van der Waals surface area (Å²) in [4.78, 5) is 0. The molecule has 1 aromatic rings. The number of unbranched alkanes of at least 4 members (excludes halogenated alkanes) is 2. The number of halogens is 1. The summed E-state index contributed by atoms with van der Waals surface area (Å²) in [6, 6.07) is 6.13. The van der Waals surface area contributed by atoms with Crippen LogP contribution in [0, 0.1) is 17.1 Å². The zero-order chi connectivity index (χ0) is 12.7. The Kier molecular flexibility index (Phi) is 5.44. The lowest BCUT2D eigenvalue weighted by Crippen LogP contribution is -2.02. The van der Waals surface area contributed by atoms with Gasteiger partial charge in [-0.1, -0.05) is 0 Å². The van der Waals surface area contributed by atoms with Crippen LogP contribution in [-0.2, 0) is 0 Å². The van der Waals surface area contributed by atoms with Crippen molar-refractivity contribution in [3.8, 4) is 11.8 Å². The number of ether oxygens (including phenoxy) is 1. The second-order valence-electron chi connectivity index (χ2n) is 3.82. The highest BCUT2D eigenvalue weighted by Gasteiger charge is 2.10. The molecule has 0 amide bonds. The maximum atomic E-state index is 13.0. The molecular formula is C13H16FNO2. The molecule has 0 aliphatic rings. The molecule has 0 spiro atoms. The van der Waals surface area contributed by atoms with Gasteiger partial charge in [0.25, 0.3) is 0 Å². The summed E-state index contributed by atoms with van der Waals surface area (Å²) in [7, 11) is 0. The Hall–Kier alpha value is -1.60. The SMILES string of the molecule is C[C@@H](O)c1ccc(F)cc1OCCCCC#N. The van der Waals surface area contributed by atoms with Crippen molar-refractivity contribution in [2.75, 3.05) is 6.61 Å². The molecule has 0 saturated carbocycles. The first-order chi connectivity index (χ1) is 8.15. The van der Waals surface area contributed by atoms with Gasteiger partial charge in [-0.15, -0.1) is 0 Å². The maximum Gasteiger partial charge on any atom is 0.127 e. The number of aliphatic hydroxyl groups excluding tert-OH is 1. The van der Waals surface area contributed by atoms with E-state index in [1.807, 2.05) is 6.07 Å². The fraction of sp³-hybridized carbons (Fsp3) is 0.462. The molecular weight excluding hydrogens is 221 g/mol. The number of nitrogens with zero attached hydrogens (tertiary/aromatic N) is 1. The van der Waals surface area contributed by atoms with E-state index in [0.29, 0.717) is 24.3 Å². The molecule has 0 aliphatic carbocycles. The molecule has 1 aromatic carbocycles. The third-order valence-corrected chi connectivity index (χ3v) is 2.37. The molecule has 0 aliphatic heterocycles. The zero-order valence-electron chi connectivity index (χ0n) is 9.82. The second kappa shape index (κ2) is 6.87. The quantitative estimate of drug-likeness (QED) is 0.774. The standard InChI is InChI=1S/C13H16FNO2/c1-10(16)12-6-5-11(14)9-13(12)17-8-4-2-3-7-15/h5-6,9-10,16H,2-4,8H2,1H3/t10-/m1/s1. The van der Waals surface area contributed by atoms with Crippen LogP contribution >= 0.6 is 0 Å². The normalized spacial score (nSPS) is 11.9. The fourth-order valence-corrected chi connectivity index (χ4v) is 1.47. The number of nitriles is 1.